The van der Waals surface area contributed by atoms with E-state index in [0.29, 0.717) is 36.6 Å². The summed E-state index contributed by atoms with van der Waals surface area (Å²) in [6.07, 6.45) is 3.14. The van der Waals surface area contributed by atoms with Crippen LogP contribution in [0.2, 0.25) is 0 Å². The average molecular weight is 370 g/mol. The maximum atomic E-state index is 13.9. The Bertz CT molecular complexity index is 961. The molecular formula is C19H16F2N4O2. The second-order valence-electron chi connectivity index (χ2n) is 6.39. The molecule has 0 aliphatic carbocycles. The topological polar surface area (TPSA) is 72.1 Å². The standard InChI is InChI=1S/C19H16F2N4O2/c20-13-6-7-14(15(21)10-13)19(26)25-9-3-4-12(11-25)18-23-17(24-27-18)16-5-1-2-8-22-16/h1-2,5-8,10,12H,3-4,9,11H2/t12-/m0/s1. The molecule has 1 aromatic carbocycles. The van der Waals surface area contributed by atoms with Crippen LogP contribution < -0.4 is 0 Å². The molecule has 6 nitrogen and oxygen atoms in total. The highest BCUT2D eigenvalue weighted by molar-refractivity contribution is 5.94. The number of hydrogen-bond acceptors (Lipinski definition) is 5. The van der Waals surface area contributed by atoms with Gasteiger partial charge in [0.15, 0.2) is 0 Å². The van der Waals surface area contributed by atoms with Gasteiger partial charge in [0.1, 0.15) is 17.3 Å². The zero-order valence-corrected chi connectivity index (χ0v) is 14.3. The van der Waals surface area contributed by atoms with Crippen molar-refractivity contribution in [2.24, 2.45) is 0 Å². The lowest BCUT2D eigenvalue weighted by Gasteiger charge is -2.31. The Morgan fingerprint density at radius 3 is 2.89 bits per heavy atom. The second kappa shape index (κ2) is 7.22. The summed E-state index contributed by atoms with van der Waals surface area (Å²) in [7, 11) is 0. The Labute approximate surface area is 153 Å². The fraction of sp³-hybridized carbons (Fsp3) is 0.263. The molecule has 0 bridgehead atoms. The van der Waals surface area contributed by atoms with Gasteiger partial charge in [0, 0.05) is 25.4 Å². The fourth-order valence-electron chi connectivity index (χ4n) is 3.20. The highest BCUT2D eigenvalue weighted by Gasteiger charge is 2.30. The predicted octanol–water partition coefficient (Wildman–Crippen LogP) is 3.43. The molecular weight excluding hydrogens is 354 g/mol. The van der Waals surface area contributed by atoms with Gasteiger partial charge in [-0.15, -0.1) is 0 Å². The van der Waals surface area contributed by atoms with E-state index in [9.17, 15) is 13.6 Å². The van der Waals surface area contributed by atoms with Crippen LogP contribution in [-0.4, -0.2) is 39.0 Å². The summed E-state index contributed by atoms with van der Waals surface area (Å²) >= 11 is 0. The summed E-state index contributed by atoms with van der Waals surface area (Å²) in [5.74, 6) is -1.38. The Morgan fingerprint density at radius 2 is 2.11 bits per heavy atom. The third kappa shape index (κ3) is 3.55. The van der Waals surface area contributed by atoms with Gasteiger partial charge >= 0.3 is 0 Å². The number of likely N-dealkylation sites (tertiary alicyclic amines) is 1. The Morgan fingerprint density at radius 1 is 1.22 bits per heavy atom. The van der Waals surface area contributed by atoms with Gasteiger partial charge in [-0.2, -0.15) is 4.98 Å². The van der Waals surface area contributed by atoms with E-state index >= 15 is 0 Å². The molecule has 3 heterocycles. The first kappa shape index (κ1) is 17.3. The van der Waals surface area contributed by atoms with Crippen molar-refractivity contribution in [1.29, 1.82) is 0 Å². The molecule has 0 N–H and O–H groups in total. The maximum Gasteiger partial charge on any atom is 0.256 e. The molecule has 1 saturated heterocycles. The molecule has 138 valence electrons. The lowest BCUT2D eigenvalue weighted by molar-refractivity contribution is 0.0691. The van der Waals surface area contributed by atoms with E-state index < -0.39 is 17.5 Å². The van der Waals surface area contributed by atoms with Crippen molar-refractivity contribution in [1.82, 2.24) is 20.0 Å². The van der Waals surface area contributed by atoms with E-state index in [-0.39, 0.29) is 11.5 Å². The van der Waals surface area contributed by atoms with E-state index in [1.807, 2.05) is 6.07 Å². The summed E-state index contributed by atoms with van der Waals surface area (Å²) < 4.78 is 32.4. The van der Waals surface area contributed by atoms with E-state index in [0.717, 1.165) is 18.9 Å². The molecule has 0 unspecified atom stereocenters. The van der Waals surface area contributed by atoms with Crippen LogP contribution in [0.1, 0.15) is 35.0 Å². The third-order valence-corrected chi connectivity index (χ3v) is 4.56. The molecule has 2 aromatic heterocycles. The van der Waals surface area contributed by atoms with Gasteiger partial charge in [-0.05, 0) is 37.1 Å². The predicted molar refractivity (Wildman–Crippen MR) is 91.8 cm³/mol. The minimum atomic E-state index is -0.864. The molecule has 1 fully saturated rings. The first-order chi connectivity index (χ1) is 13.1. The molecule has 0 radical (unpaired) electrons. The highest BCUT2D eigenvalue weighted by Crippen LogP contribution is 2.28. The number of amides is 1. The average Bonchev–Trinajstić information content (AvgIpc) is 3.19. The van der Waals surface area contributed by atoms with Crippen LogP contribution in [0.25, 0.3) is 11.5 Å². The molecule has 1 aliphatic heterocycles. The SMILES string of the molecule is O=C(c1ccc(F)cc1F)N1CCC[C@H](c2nc(-c3ccccn3)no2)C1. The lowest BCUT2D eigenvalue weighted by Crippen LogP contribution is -2.39. The van der Waals surface area contributed by atoms with E-state index in [4.69, 9.17) is 4.52 Å². The number of hydrogen-bond donors (Lipinski definition) is 0. The Kier molecular flexibility index (Phi) is 4.62. The van der Waals surface area contributed by atoms with Crippen molar-refractivity contribution in [3.05, 3.63) is 65.7 Å². The number of pyridine rings is 1. The summed E-state index contributed by atoms with van der Waals surface area (Å²) in [6.45, 7) is 0.826. The van der Waals surface area contributed by atoms with Gasteiger partial charge in [-0.25, -0.2) is 8.78 Å². The summed E-state index contributed by atoms with van der Waals surface area (Å²) in [6, 6.07) is 8.37. The van der Waals surface area contributed by atoms with Gasteiger partial charge in [0.05, 0.1) is 11.5 Å². The normalized spacial score (nSPS) is 17.1. The van der Waals surface area contributed by atoms with Crippen molar-refractivity contribution in [2.75, 3.05) is 13.1 Å². The van der Waals surface area contributed by atoms with Crippen molar-refractivity contribution in [3.63, 3.8) is 0 Å². The largest absolute Gasteiger partial charge is 0.339 e. The molecule has 0 saturated carbocycles. The molecule has 0 spiro atoms. The van der Waals surface area contributed by atoms with Crippen LogP contribution in [0.4, 0.5) is 8.78 Å². The third-order valence-electron chi connectivity index (χ3n) is 4.56. The van der Waals surface area contributed by atoms with E-state index in [1.165, 1.54) is 11.0 Å². The zero-order valence-electron chi connectivity index (χ0n) is 14.3. The number of aromatic nitrogens is 3. The van der Waals surface area contributed by atoms with E-state index in [1.54, 1.807) is 18.3 Å². The van der Waals surface area contributed by atoms with Crippen molar-refractivity contribution in [2.45, 2.75) is 18.8 Å². The minimum absolute atomic E-state index is 0.142. The lowest BCUT2D eigenvalue weighted by atomic mass is 9.97. The molecule has 1 atom stereocenters. The van der Waals surface area contributed by atoms with Crippen LogP contribution in [0.15, 0.2) is 47.1 Å². The van der Waals surface area contributed by atoms with Gasteiger partial charge in [0.2, 0.25) is 11.7 Å². The smallest absolute Gasteiger partial charge is 0.256 e. The van der Waals surface area contributed by atoms with Gasteiger partial charge in [-0.1, -0.05) is 11.2 Å². The Hall–Kier alpha value is -3.16. The number of halogens is 2. The Balaban J connectivity index is 1.51. The van der Waals surface area contributed by atoms with Crippen LogP contribution in [0, 0.1) is 11.6 Å². The number of rotatable bonds is 3. The van der Waals surface area contributed by atoms with Gasteiger partial charge < -0.3 is 9.42 Å². The molecule has 3 aromatic rings. The number of piperidine rings is 1. The molecule has 4 rings (SSSR count). The summed E-state index contributed by atoms with van der Waals surface area (Å²) in [5.41, 5.74) is 0.460. The minimum Gasteiger partial charge on any atom is -0.339 e. The van der Waals surface area contributed by atoms with E-state index in [2.05, 4.69) is 15.1 Å². The number of carbonyl (C=O) groups excluding carboxylic acids is 1. The van der Waals surface area contributed by atoms with Crippen LogP contribution in [0.5, 0.6) is 0 Å². The zero-order chi connectivity index (χ0) is 18.8. The first-order valence-corrected chi connectivity index (χ1v) is 8.61. The second-order valence-corrected chi connectivity index (χ2v) is 6.39. The quantitative estimate of drug-likeness (QED) is 0.706. The maximum absolute atomic E-state index is 13.9. The van der Waals surface area contributed by atoms with Crippen molar-refractivity contribution in [3.8, 4) is 11.5 Å². The first-order valence-electron chi connectivity index (χ1n) is 8.61. The van der Waals surface area contributed by atoms with Crippen molar-refractivity contribution < 1.29 is 18.1 Å². The fourth-order valence-corrected chi connectivity index (χ4v) is 3.20. The van der Waals surface area contributed by atoms with Gasteiger partial charge in [0.25, 0.3) is 5.91 Å². The molecule has 8 heteroatoms. The van der Waals surface area contributed by atoms with Crippen LogP contribution in [-0.2, 0) is 0 Å². The number of carbonyl (C=O) groups is 1. The molecule has 1 aliphatic rings. The summed E-state index contributed by atoms with van der Waals surface area (Å²) in [5, 5.41) is 3.96. The summed E-state index contributed by atoms with van der Waals surface area (Å²) in [4.78, 5) is 22.7. The molecule has 27 heavy (non-hydrogen) atoms. The molecule has 1 amide bonds. The number of nitrogens with zero attached hydrogens (tertiary/aromatic N) is 4. The van der Waals surface area contributed by atoms with Gasteiger partial charge in [-0.3, -0.25) is 9.78 Å². The van der Waals surface area contributed by atoms with Crippen molar-refractivity contribution >= 4 is 5.91 Å². The monoisotopic (exact) mass is 370 g/mol. The highest BCUT2D eigenvalue weighted by atomic mass is 19.1. The van der Waals surface area contributed by atoms with Crippen LogP contribution >= 0.6 is 0 Å². The van der Waals surface area contributed by atoms with Crippen LogP contribution in [0.3, 0.4) is 0 Å². The number of benzene rings is 1.